The lowest BCUT2D eigenvalue weighted by molar-refractivity contribution is -0.131. The van der Waals surface area contributed by atoms with E-state index in [0.717, 1.165) is 15.2 Å². The highest BCUT2D eigenvalue weighted by Crippen LogP contribution is 2.24. The van der Waals surface area contributed by atoms with Crippen molar-refractivity contribution < 1.29 is 4.79 Å². The average molecular weight is 399 g/mol. The monoisotopic (exact) mass is 398 g/mol. The molecule has 7 nitrogen and oxygen atoms in total. The lowest BCUT2D eigenvalue weighted by atomic mass is 10.2. The van der Waals surface area contributed by atoms with Gasteiger partial charge in [0.2, 0.25) is 11.7 Å². The number of para-hydroxylation sites is 1. The third-order valence-electron chi connectivity index (χ3n) is 3.98. The second-order valence-corrected chi connectivity index (χ2v) is 7.47. The van der Waals surface area contributed by atoms with Crippen molar-refractivity contribution >= 4 is 39.1 Å². The molecule has 0 atom stereocenters. The van der Waals surface area contributed by atoms with Gasteiger partial charge in [-0.3, -0.25) is 4.79 Å². The maximum absolute atomic E-state index is 12.5. The van der Waals surface area contributed by atoms with Gasteiger partial charge in [-0.05, 0) is 29.5 Å². The molecular formula is C18H15ClN6OS. The largest absolute Gasteiger partial charge is 0.337 e. The molecule has 0 aliphatic heterocycles. The quantitative estimate of drug-likeness (QED) is 0.515. The van der Waals surface area contributed by atoms with Crippen molar-refractivity contribution in [1.82, 2.24) is 30.1 Å². The normalized spacial score (nSPS) is 11.0. The highest BCUT2D eigenvalue weighted by molar-refractivity contribution is 7.18. The molecule has 0 saturated carbocycles. The van der Waals surface area contributed by atoms with Crippen LogP contribution in [0.2, 0.25) is 5.02 Å². The van der Waals surface area contributed by atoms with Crippen molar-refractivity contribution in [1.29, 1.82) is 0 Å². The first kappa shape index (κ1) is 17.6. The van der Waals surface area contributed by atoms with Gasteiger partial charge in [0.25, 0.3) is 0 Å². The van der Waals surface area contributed by atoms with E-state index >= 15 is 0 Å². The summed E-state index contributed by atoms with van der Waals surface area (Å²) in [6, 6.07) is 15.2. The van der Waals surface area contributed by atoms with Gasteiger partial charge in [-0.15, -0.1) is 21.5 Å². The number of hydrogen-bond acceptors (Lipinski definition) is 6. The van der Waals surface area contributed by atoms with Crippen molar-refractivity contribution in [3.63, 3.8) is 0 Å². The Kier molecular flexibility index (Phi) is 4.83. The summed E-state index contributed by atoms with van der Waals surface area (Å²) in [5, 5.41) is 13.6. The molecule has 0 fully saturated rings. The first-order valence-electron chi connectivity index (χ1n) is 8.21. The number of rotatable bonds is 5. The van der Waals surface area contributed by atoms with Crippen LogP contribution in [-0.4, -0.2) is 43.0 Å². The van der Waals surface area contributed by atoms with Gasteiger partial charge in [0.05, 0.1) is 21.8 Å². The fourth-order valence-corrected chi connectivity index (χ4v) is 3.82. The molecule has 4 rings (SSSR count). The lowest BCUT2D eigenvalue weighted by Gasteiger charge is -2.14. The number of halogens is 1. The van der Waals surface area contributed by atoms with Crippen molar-refractivity contribution in [2.24, 2.45) is 0 Å². The molecule has 1 amide bonds. The Morgan fingerprint density at radius 3 is 2.78 bits per heavy atom. The molecule has 0 N–H and O–H groups in total. The van der Waals surface area contributed by atoms with Crippen LogP contribution in [-0.2, 0) is 17.9 Å². The minimum Gasteiger partial charge on any atom is -0.337 e. The summed E-state index contributed by atoms with van der Waals surface area (Å²) in [5.41, 5.74) is 1.63. The van der Waals surface area contributed by atoms with Crippen molar-refractivity contribution in [3.8, 4) is 11.4 Å². The van der Waals surface area contributed by atoms with Crippen molar-refractivity contribution in [2.75, 3.05) is 7.05 Å². The maximum Gasteiger partial charge on any atom is 0.246 e. The third kappa shape index (κ3) is 3.81. The van der Waals surface area contributed by atoms with Crippen LogP contribution in [0.15, 0.2) is 48.5 Å². The number of tetrazole rings is 1. The molecule has 2 aromatic heterocycles. The molecular weight excluding hydrogens is 384 g/mol. The molecule has 2 aromatic carbocycles. The SMILES string of the molecule is CN(Cc1nc2ccccc2s1)C(=O)Cn1nnc(-c2ccccc2Cl)n1. The van der Waals surface area contributed by atoms with Crippen LogP contribution in [0.4, 0.5) is 0 Å². The number of carbonyl (C=O) groups excluding carboxylic acids is 1. The van der Waals surface area contributed by atoms with Gasteiger partial charge in [-0.1, -0.05) is 35.9 Å². The molecule has 0 unspecified atom stereocenters. The number of likely N-dealkylation sites (N-methyl/N-ethyl adjacent to an activating group) is 1. The maximum atomic E-state index is 12.5. The van der Waals surface area contributed by atoms with Gasteiger partial charge in [0.1, 0.15) is 11.6 Å². The summed E-state index contributed by atoms with van der Waals surface area (Å²) < 4.78 is 1.11. The summed E-state index contributed by atoms with van der Waals surface area (Å²) in [5.74, 6) is 0.264. The zero-order valence-corrected chi connectivity index (χ0v) is 16.0. The molecule has 0 radical (unpaired) electrons. The topological polar surface area (TPSA) is 76.8 Å². The number of fused-ring (bicyclic) bond motifs is 1. The molecule has 0 saturated heterocycles. The Bertz CT molecular complexity index is 1070. The van der Waals surface area contributed by atoms with E-state index in [4.69, 9.17) is 11.6 Å². The molecule has 4 aromatic rings. The van der Waals surface area contributed by atoms with Crippen LogP contribution in [0.25, 0.3) is 21.6 Å². The van der Waals surface area contributed by atoms with Gasteiger partial charge < -0.3 is 4.90 Å². The molecule has 27 heavy (non-hydrogen) atoms. The van der Waals surface area contributed by atoms with E-state index in [1.165, 1.54) is 4.80 Å². The summed E-state index contributed by atoms with van der Waals surface area (Å²) in [4.78, 5) is 19.9. The van der Waals surface area contributed by atoms with E-state index in [2.05, 4.69) is 20.4 Å². The Balaban J connectivity index is 1.43. The molecule has 9 heteroatoms. The number of hydrogen-bond donors (Lipinski definition) is 0. The molecule has 2 heterocycles. The lowest BCUT2D eigenvalue weighted by Crippen LogP contribution is -2.30. The molecule has 0 aliphatic rings. The van der Waals surface area contributed by atoms with Crippen LogP contribution < -0.4 is 0 Å². The molecule has 0 spiro atoms. The van der Waals surface area contributed by atoms with E-state index in [-0.39, 0.29) is 12.5 Å². The summed E-state index contributed by atoms with van der Waals surface area (Å²) in [6.07, 6.45) is 0. The average Bonchev–Trinajstić information content (AvgIpc) is 3.28. The van der Waals surface area contributed by atoms with Gasteiger partial charge in [0.15, 0.2) is 0 Å². The van der Waals surface area contributed by atoms with E-state index in [1.54, 1.807) is 29.4 Å². The molecule has 136 valence electrons. The highest BCUT2D eigenvalue weighted by Gasteiger charge is 2.16. The van der Waals surface area contributed by atoms with Crippen LogP contribution in [0.5, 0.6) is 0 Å². The number of amides is 1. The molecule has 0 aliphatic carbocycles. The smallest absolute Gasteiger partial charge is 0.246 e. The van der Waals surface area contributed by atoms with Gasteiger partial charge in [-0.25, -0.2) is 4.98 Å². The number of carbonyl (C=O) groups is 1. The number of benzene rings is 2. The van der Waals surface area contributed by atoms with E-state index in [1.807, 2.05) is 42.5 Å². The number of nitrogens with zero attached hydrogens (tertiary/aromatic N) is 6. The summed E-state index contributed by atoms with van der Waals surface area (Å²) in [7, 11) is 1.74. The first-order valence-corrected chi connectivity index (χ1v) is 9.41. The minimum absolute atomic E-state index is 0.00114. The zero-order valence-electron chi connectivity index (χ0n) is 14.4. The fraction of sp³-hybridized carbons (Fsp3) is 0.167. The Labute approximate surface area is 164 Å². The Morgan fingerprint density at radius 2 is 1.96 bits per heavy atom. The Hall–Kier alpha value is -2.84. The van der Waals surface area contributed by atoms with Crippen molar-refractivity contribution in [3.05, 3.63) is 58.6 Å². The third-order valence-corrected chi connectivity index (χ3v) is 5.33. The van der Waals surface area contributed by atoms with Crippen molar-refractivity contribution in [2.45, 2.75) is 13.1 Å². The number of aromatic nitrogens is 5. The second kappa shape index (κ2) is 7.42. The summed E-state index contributed by atoms with van der Waals surface area (Å²) in [6.45, 7) is 0.434. The molecule has 0 bridgehead atoms. The van der Waals surface area contributed by atoms with Crippen LogP contribution in [0.1, 0.15) is 5.01 Å². The van der Waals surface area contributed by atoms with Crippen LogP contribution >= 0.6 is 22.9 Å². The zero-order chi connectivity index (χ0) is 18.8. The Morgan fingerprint density at radius 1 is 1.19 bits per heavy atom. The van der Waals surface area contributed by atoms with E-state index < -0.39 is 0 Å². The number of thiazole rings is 1. The van der Waals surface area contributed by atoms with Gasteiger partial charge in [0, 0.05) is 12.6 Å². The first-order chi connectivity index (χ1) is 13.1. The van der Waals surface area contributed by atoms with E-state index in [0.29, 0.717) is 23.0 Å². The predicted molar refractivity (Wildman–Crippen MR) is 104 cm³/mol. The highest BCUT2D eigenvalue weighted by atomic mass is 35.5. The van der Waals surface area contributed by atoms with E-state index in [9.17, 15) is 4.79 Å². The second-order valence-electron chi connectivity index (χ2n) is 5.95. The summed E-state index contributed by atoms with van der Waals surface area (Å²) >= 11 is 7.73. The standard InChI is InChI=1S/C18H15ClN6OS/c1-24(10-16-20-14-8-4-5-9-15(14)27-16)17(26)11-25-22-18(21-23-25)12-6-2-3-7-13(12)19/h2-9H,10-11H2,1H3. The minimum atomic E-state index is -0.127. The van der Waals surface area contributed by atoms with Crippen LogP contribution in [0.3, 0.4) is 0 Å². The fourth-order valence-electron chi connectivity index (χ4n) is 2.58. The van der Waals surface area contributed by atoms with Crippen LogP contribution in [0, 0.1) is 0 Å². The van der Waals surface area contributed by atoms with Gasteiger partial charge >= 0.3 is 0 Å². The predicted octanol–water partition coefficient (Wildman–Crippen LogP) is 3.26. The van der Waals surface area contributed by atoms with Gasteiger partial charge in [-0.2, -0.15) is 4.80 Å².